The van der Waals surface area contributed by atoms with E-state index in [1.165, 1.54) is 11.8 Å². The van der Waals surface area contributed by atoms with E-state index in [9.17, 15) is 9.59 Å². The first-order valence-corrected chi connectivity index (χ1v) is 8.44. The van der Waals surface area contributed by atoms with Gasteiger partial charge in [-0.05, 0) is 43.2 Å². The first-order valence-electron chi connectivity index (χ1n) is 8.44. The zero-order valence-electron chi connectivity index (χ0n) is 15.2. The second-order valence-electron chi connectivity index (χ2n) is 6.36. The predicted octanol–water partition coefficient (Wildman–Crippen LogP) is 2.70. The van der Waals surface area contributed by atoms with Crippen LogP contribution in [-0.4, -0.2) is 25.2 Å². The minimum Gasteiger partial charge on any atom is -0.454 e. The molecular weight excluding hydrogens is 332 g/mol. The molecule has 26 heavy (non-hydrogen) atoms. The second-order valence-corrected chi connectivity index (χ2v) is 6.36. The van der Waals surface area contributed by atoms with E-state index in [1.807, 2.05) is 50.2 Å². The van der Waals surface area contributed by atoms with Gasteiger partial charge in [0.25, 0.3) is 0 Å². The molecule has 0 spiro atoms. The number of carbonyl (C=O) groups excluding carboxylic acids is 2. The standard InChI is InChI=1S/C20H22N2O4/c1-13-4-6-17(14(2)8-13)22(15(3)23)11-20(24)21-10-16-5-7-18-19(9-16)26-12-25-18/h4-9H,10-12H2,1-3H3,(H,21,24). The average Bonchev–Trinajstić information content (AvgIpc) is 3.06. The van der Waals surface area contributed by atoms with E-state index in [1.54, 1.807) is 0 Å². The highest BCUT2D eigenvalue weighted by Gasteiger charge is 2.18. The van der Waals surface area contributed by atoms with Gasteiger partial charge in [0.1, 0.15) is 6.54 Å². The van der Waals surface area contributed by atoms with Crippen LogP contribution >= 0.6 is 0 Å². The van der Waals surface area contributed by atoms with Crippen molar-refractivity contribution in [3.63, 3.8) is 0 Å². The zero-order valence-corrected chi connectivity index (χ0v) is 15.2. The average molecular weight is 354 g/mol. The molecule has 6 heteroatoms. The van der Waals surface area contributed by atoms with Gasteiger partial charge in [0, 0.05) is 19.2 Å². The lowest BCUT2D eigenvalue weighted by molar-refractivity contribution is -0.123. The lowest BCUT2D eigenvalue weighted by Gasteiger charge is -2.23. The van der Waals surface area contributed by atoms with Crippen LogP contribution in [0, 0.1) is 13.8 Å². The molecule has 0 unspecified atom stereocenters. The van der Waals surface area contributed by atoms with Crippen LogP contribution in [0.4, 0.5) is 5.69 Å². The van der Waals surface area contributed by atoms with Crippen LogP contribution in [0.1, 0.15) is 23.6 Å². The molecule has 0 saturated heterocycles. The van der Waals surface area contributed by atoms with Gasteiger partial charge < -0.3 is 19.7 Å². The smallest absolute Gasteiger partial charge is 0.240 e. The minimum absolute atomic E-state index is 0.0240. The second kappa shape index (κ2) is 7.47. The Bertz CT molecular complexity index is 848. The molecule has 2 aromatic carbocycles. The van der Waals surface area contributed by atoms with Crippen LogP contribution in [0.2, 0.25) is 0 Å². The summed E-state index contributed by atoms with van der Waals surface area (Å²) in [5.74, 6) is 0.989. The van der Waals surface area contributed by atoms with Gasteiger partial charge in [0.15, 0.2) is 11.5 Å². The van der Waals surface area contributed by atoms with E-state index in [2.05, 4.69) is 5.32 Å². The van der Waals surface area contributed by atoms with Gasteiger partial charge in [-0.25, -0.2) is 0 Å². The van der Waals surface area contributed by atoms with Crippen molar-refractivity contribution in [2.75, 3.05) is 18.2 Å². The molecule has 0 radical (unpaired) electrons. The number of hydrogen-bond acceptors (Lipinski definition) is 4. The monoisotopic (exact) mass is 354 g/mol. The highest BCUT2D eigenvalue weighted by Crippen LogP contribution is 2.32. The summed E-state index contributed by atoms with van der Waals surface area (Å²) in [5, 5.41) is 2.85. The third-order valence-corrected chi connectivity index (χ3v) is 4.25. The Morgan fingerprint density at radius 3 is 2.58 bits per heavy atom. The van der Waals surface area contributed by atoms with E-state index < -0.39 is 0 Å². The molecule has 6 nitrogen and oxygen atoms in total. The Hall–Kier alpha value is -3.02. The fourth-order valence-electron chi connectivity index (χ4n) is 2.93. The molecule has 136 valence electrons. The van der Waals surface area contributed by atoms with Crippen LogP contribution in [0.3, 0.4) is 0 Å². The number of carbonyl (C=O) groups is 2. The summed E-state index contributed by atoms with van der Waals surface area (Å²) in [6.45, 7) is 5.94. The Balaban J connectivity index is 1.64. The molecule has 0 aromatic heterocycles. The first-order chi connectivity index (χ1) is 12.4. The van der Waals surface area contributed by atoms with Crippen LogP contribution in [-0.2, 0) is 16.1 Å². The Labute approximate surface area is 152 Å². The van der Waals surface area contributed by atoms with Crippen molar-refractivity contribution in [1.82, 2.24) is 5.32 Å². The molecule has 1 N–H and O–H groups in total. The van der Waals surface area contributed by atoms with Crippen molar-refractivity contribution in [3.8, 4) is 11.5 Å². The summed E-state index contributed by atoms with van der Waals surface area (Å²) < 4.78 is 10.6. The number of anilines is 1. The largest absolute Gasteiger partial charge is 0.454 e. The summed E-state index contributed by atoms with van der Waals surface area (Å²) >= 11 is 0. The summed E-state index contributed by atoms with van der Waals surface area (Å²) in [5.41, 5.74) is 3.73. The number of aryl methyl sites for hydroxylation is 2. The third-order valence-electron chi connectivity index (χ3n) is 4.25. The molecule has 0 fully saturated rings. The number of amides is 2. The SMILES string of the molecule is CC(=O)N(CC(=O)NCc1ccc2c(c1)OCO2)c1ccc(C)cc1C. The maximum atomic E-state index is 12.4. The molecule has 1 heterocycles. The molecule has 0 aliphatic carbocycles. The highest BCUT2D eigenvalue weighted by molar-refractivity contribution is 5.98. The molecule has 0 atom stereocenters. The van der Waals surface area contributed by atoms with Gasteiger partial charge in [0.2, 0.25) is 18.6 Å². The number of nitrogens with zero attached hydrogens (tertiary/aromatic N) is 1. The van der Waals surface area contributed by atoms with Gasteiger partial charge >= 0.3 is 0 Å². The molecule has 1 aliphatic rings. The van der Waals surface area contributed by atoms with E-state index in [-0.39, 0.29) is 25.2 Å². The lowest BCUT2D eigenvalue weighted by atomic mass is 10.1. The van der Waals surface area contributed by atoms with Crippen molar-refractivity contribution in [2.24, 2.45) is 0 Å². The van der Waals surface area contributed by atoms with Crippen molar-refractivity contribution in [2.45, 2.75) is 27.3 Å². The van der Waals surface area contributed by atoms with Gasteiger partial charge in [-0.2, -0.15) is 0 Å². The molecule has 2 amide bonds. The van der Waals surface area contributed by atoms with Crippen LogP contribution < -0.4 is 19.7 Å². The number of benzene rings is 2. The van der Waals surface area contributed by atoms with E-state index >= 15 is 0 Å². The third kappa shape index (κ3) is 3.96. The van der Waals surface area contributed by atoms with E-state index in [0.717, 1.165) is 22.4 Å². The quantitative estimate of drug-likeness (QED) is 0.896. The summed E-state index contributed by atoms with van der Waals surface area (Å²) in [6.07, 6.45) is 0. The molecule has 0 bridgehead atoms. The maximum absolute atomic E-state index is 12.4. The van der Waals surface area contributed by atoms with Crippen molar-refractivity contribution >= 4 is 17.5 Å². The molecule has 3 rings (SSSR count). The fraction of sp³-hybridized carbons (Fsp3) is 0.300. The molecule has 1 aliphatic heterocycles. The summed E-state index contributed by atoms with van der Waals surface area (Å²) in [7, 11) is 0. The summed E-state index contributed by atoms with van der Waals surface area (Å²) in [4.78, 5) is 25.9. The fourth-order valence-corrected chi connectivity index (χ4v) is 2.93. The van der Waals surface area contributed by atoms with Gasteiger partial charge in [0.05, 0.1) is 0 Å². The highest BCUT2D eigenvalue weighted by atomic mass is 16.7. The van der Waals surface area contributed by atoms with E-state index in [4.69, 9.17) is 9.47 Å². The van der Waals surface area contributed by atoms with Crippen LogP contribution in [0.25, 0.3) is 0 Å². The number of rotatable bonds is 5. The zero-order chi connectivity index (χ0) is 18.7. The first kappa shape index (κ1) is 17.8. The number of ether oxygens (including phenoxy) is 2. The number of hydrogen-bond donors (Lipinski definition) is 1. The van der Waals surface area contributed by atoms with Crippen molar-refractivity contribution in [3.05, 3.63) is 53.1 Å². The Kier molecular flexibility index (Phi) is 5.11. The van der Waals surface area contributed by atoms with Crippen molar-refractivity contribution < 1.29 is 19.1 Å². The van der Waals surface area contributed by atoms with Gasteiger partial charge in [-0.3, -0.25) is 9.59 Å². The molecular formula is C20H22N2O4. The minimum atomic E-state index is -0.224. The molecule has 0 saturated carbocycles. The normalized spacial score (nSPS) is 12.0. The van der Waals surface area contributed by atoms with Crippen LogP contribution in [0.15, 0.2) is 36.4 Å². The van der Waals surface area contributed by atoms with Gasteiger partial charge in [-0.1, -0.05) is 23.8 Å². The lowest BCUT2D eigenvalue weighted by Crippen LogP contribution is -2.40. The molecule has 2 aromatic rings. The van der Waals surface area contributed by atoms with Crippen LogP contribution in [0.5, 0.6) is 11.5 Å². The topological polar surface area (TPSA) is 67.9 Å². The van der Waals surface area contributed by atoms with Gasteiger partial charge in [-0.15, -0.1) is 0 Å². The predicted molar refractivity (Wildman–Crippen MR) is 98.4 cm³/mol. The summed E-state index contributed by atoms with van der Waals surface area (Å²) in [6, 6.07) is 11.3. The Morgan fingerprint density at radius 1 is 1.08 bits per heavy atom. The van der Waals surface area contributed by atoms with E-state index in [0.29, 0.717) is 18.0 Å². The maximum Gasteiger partial charge on any atom is 0.240 e. The van der Waals surface area contributed by atoms with Crippen molar-refractivity contribution in [1.29, 1.82) is 0 Å². The number of nitrogens with one attached hydrogen (secondary N) is 1. The number of fused-ring (bicyclic) bond motifs is 1. The Morgan fingerprint density at radius 2 is 1.85 bits per heavy atom.